The van der Waals surface area contributed by atoms with Gasteiger partial charge in [-0.1, -0.05) is 44.2 Å². The van der Waals surface area contributed by atoms with Gasteiger partial charge in [-0.05, 0) is 17.9 Å². The Morgan fingerprint density at radius 2 is 2.00 bits per heavy atom. The van der Waals surface area contributed by atoms with Gasteiger partial charge in [-0.25, -0.2) is 9.78 Å². The average molecular weight is 456 g/mol. The van der Waals surface area contributed by atoms with Crippen molar-refractivity contribution in [3.8, 4) is 0 Å². The number of amides is 3. The van der Waals surface area contributed by atoms with Crippen molar-refractivity contribution >= 4 is 23.7 Å². The van der Waals surface area contributed by atoms with Gasteiger partial charge in [0.2, 0.25) is 11.7 Å². The quantitative estimate of drug-likeness (QED) is 0.556. The molecule has 3 amide bonds. The van der Waals surface area contributed by atoms with E-state index in [0.717, 1.165) is 11.4 Å². The molecule has 0 bridgehead atoms. The first kappa shape index (κ1) is 24.0. The first-order valence-corrected chi connectivity index (χ1v) is 10.9. The van der Waals surface area contributed by atoms with Crippen LogP contribution < -0.4 is 16.0 Å². The summed E-state index contributed by atoms with van der Waals surface area (Å²) in [5.41, 5.74) is 0.815. The summed E-state index contributed by atoms with van der Waals surface area (Å²) in [6.07, 6.45) is 3.33. The lowest BCUT2D eigenvalue weighted by atomic mass is 10.0. The number of fused-ring (bicyclic) bond motifs is 1. The number of rotatable bonds is 6. The molecule has 10 heteroatoms. The minimum atomic E-state index is -1.04. The van der Waals surface area contributed by atoms with Crippen LogP contribution in [0.2, 0.25) is 0 Å². The standard InChI is InChI=1S/C23H29N5O5/c1-15(2)19(27-23(32)33-14-16-6-4-3-5-7-16)21(30)26-17-8-9-18-24-10-12-28(18)13-11-25-22(31)20(17)29/h3-7,10,12,15,17,19H,8-9,11,13-14H2,1-2H3,(H,25,31)(H,26,30)(H,27,32). The summed E-state index contributed by atoms with van der Waals surface area (Å²) >= 11 is 0. The second-order valence-corrected chi connectivity index (χ2v) is 8.18. The number of carbonyl (C=O) groups is 4. The summed E-state index contributed by atoms with van der Waals surface area (Å²) in [5, 5.41) is 7.78. The van der Waals surface area contributed by atoms with Crippen molar-refractivity contribution in [3.05, 3.63) is 54.1 Å². The molecule has 1 aromatic heterocycles. The highest BCUT2D eigenvalue weighted by atomic mass is 16.5. The van der Waals surface area contributed by atoms with Crippen molar-refractivity contribution in [1.29, 1.82) is 0 Å². The molecule has 0 radical (unpaired) electrons. The van der Waals surface area contributed by atoms with Gasteiger partial charge in [-0.2, -0.15) is 0 Å². The van der Waals surface area contributed by atoms with Gasteiger partial charge in [-0.3, -0.25) is 14.4 Å². The summed E-state index contributed by atoms with van der Waals surface area (Å²) in [6, 6.07) is 7.18. The van der Waals surface area contributed by atoms with Gasteiger partial charge in [0, 0.05) is 31.9 Å². The summed E-state index contributed by atoms with van der Waals surface area (Å²) in [4.78, 5) is 54.5. The zero-order valence-corrected chi connectivity index (χ0v) is 18.7. The van der Waals surface area contributed by atoms with Gasteiger partial charge in [0.25, 0.3) is 5.91 Å². The third-order valence-corrected chi connectivity index (χ3v) is 5.39. The fraction of sp³-hybridized carbons (Fsp3) is 0.435. The Morgan fingerprint density at radius 1 is 1.24 bits per heavy atom. The molecule has 0 aliphatic carbocycles. The molecule has 1 aliphatic rings. The first-order valence-electron chi connectivity index (χ1n) is 10.9. The fourth-order valence-corrected chi connectivity index (χ4v) is 3.54. The Labute approximate surface area is 192 Å². The molecular formula is C23H29N5O5. The second-order valence-electron chi connectivity index (χ2n) is 8.18. The molecule has 0 saturated heterocycles. The minimum absolute atomic E-state index is 0.0625. The highest BCUT2D eigenvalue weighted by Gasteiger charge is 2.32. The lowest BCUT2D eigenvalue weighted by Gasteiger charge is -2.25. The molecule has 2 unspecified atom stereocenters. The predicted molar refractivity (Wildman–Crippen MR) is 119 cm³/mol. The van der Waals surface area contributed by atoms with Gasteiger partial charge < -0.3 is 25.3 Å². The SMILES string of the molecule is CC(C)C(NC(=O)OCc1ccccc1)C(=O)NC1CCc2nccn2CCNC(=O)C1=O. The number of benzene rings is 1. The summed E-state index contributed by atoms with van der Waals surface area (Å²) in [5.74, 6) is -1.55. The molecule has 33 heavy (non-hydrogen) atoms. The van der Waals surface area contributed by atoms with Crippen LogP contribution in [0.5, 0.6) is 0 Å². The number of ketones is 1. The number of alkyl carbamates (subject to hydrolysis) is 1. The fourth-order valence-electron chi connectivity index (χ4n) is 3.54. The summed E-state index contributed by atoms with van der Waals surface area (Å²) in [6.45, 7) is 4.38. The van der Waals surface area contributed by atoms with Crippen LogP contribution in [0, 0.1) is 5.92 Å². The third kappa shape index (κ3) is 6.64. The minimum Gasteiger partial charge on any atom is -0.445 e. The Bertz CT molecular complexity index is 988. The topological polar surface area (TPSA) is 131 Å². The maximum atomic E-state index is 13.0. The third-order valence-electron chi connectivity index (χ3n) is 5.39. The van der Waals surface area contributed by atoms with Crippen LogP contribution in [0.1, 0.15) is 31.7 Å². The molecule has 2 atom stereocenters. The van der Waals surface area contributed by atoms with E-state index in [-0.39, 0.29) is 25.5 Å². The smallest absolute Gasteiger partial charge is 0.408 e. The zero-order chi connectivity index (χ0) is 23.8. The number of hydrogen-bond acceptors (Lipinski definition) is 6. The van der Waals surface area contributed by atoms with Crippen molar-refractivity contribution < 1.29 is 23.9 Å². The highest BCUT2D eigenvalue weighted by molar-refractivity contribution is 6.38. The Kier molecular flexibility index (Phi) is 8.17. The molecule has 0 fully saturated rings. The molecule has 2 heterocycles. The van der Waals surface area contributed by atoms with E-state index in [1.165, 1.54) is 0 Å². The second kappa shape index (κ2) is 11.3. The molecule has 10 nitrogen and oxygen atoms in total. The van der Waals surface area contributed by atoms with Crippen molar-refractivity contribution in [2.75, 3.05) is 6.54 Å². The Hall–Kier alpha value is -3.69. The number of carbonyl (C=O) groups excluding carboxylic acids is 4. The van der Waals surface area contributed by atoms with Crippen molar-refractivity contribution in [3.63, 3.8) is 0 Å². The molecule has 176 valence electrons. The van der Waals surface area contributed by atoms with Crippen LogP contribution in [-0.2, 0) is 38.7 Å². The number of hydrogen-bond donors (Lipinski definition) is 3. The number of nitrogens with one attached hydrogen (secondary N) is 3. The maximum absolute atomic E-state index is 13.0. The van der Waals surface area contributed by atoms with E-state index in [4.69, 9.17) is 4.74 Å². The van der Waals surface area contributed by atoms with Gasteiger partial charge in [0.15, 0.2) is 0 Å². The lowest BCUT2D eigenvalue weighted by Crippen LogP contribution is -2.55. The maximum Gasteiger partial charge on any atom is 0.408 e. The van der Waals surface area contributed by atoms with E-state index < -0.39 is 35.8 Å². The summed E-state index contributed by atoms with van der Waals surface area (Å²) in [7, 11) is 0. The number of nitrogens with zero attached hydrogens (tertiary/aromatic N) is 2. The largest absolute Gasteiger partial charge is 0.445 e. The van der Waals surface area contributed by atoms with E-state index in [2.05, 4.69) is 20.9 Å². The normalized spacial score (nSPS) is 17.5. The molecule has 1 aliphatic heterocycles. The molecule has 3 rings (SSSR count). The molecule has 0 spiro atoms. The molecule has 2 aromatic rings. The van der Waals surface area contributed by atoms with E-state index in [9.17, 15) is 19.2 Å². The lowest BCUT2D eigenvalue weighted by molar-refractivity contribution is -0.140. The number of imidazole rings is 1. The van der Waals surface area contributed by atoms with Gasteiger partial charge in [0.05, 0.1) is 6.04 Å². The van der Waals surface area contributed by atoms with Crippen LogP contribution in [0.4, 0.5) is 4.79 Å². The van der Waals surface area contributed by atoms with Crippen molar-refractivity contribution in [2.45, 2.75) is 51.9 Å². The number of Topliss-reactive ketones (excluding diaryl/α,β-unsaturated/α-hetero) is 1. The monoisotopic (exact) mass is 455 g/mol. The van der Waals surface area contributed by atoms with E-state index >= 15 is 0 Å². The van der Waals surface area contributed by atoms with Crippen LogP contribution in [-0.4, -0.2) is 51.9 Å². The summed E-state index contributed by atoms with van der Waals surface area (Å²) < 4.78 is 7.11. The number of aromatic nitrogens is 2. The Morgan fingerprint density at radius 3 is 2.73 bits per heavy atom. The number of aryl methyl sites for hydroxylation is 1. The van der Waals surface area contributed by atoms with E-state index in [1.54, 1.807) is 26.2 Å². The van der Waals surface area contributed by atoms with Gasteiger partial charge >= 0.3 is 6.09 Å². The molecule has 1 aromatic carbocycles. The van der Waals surface area contributed by atoms with E-state index in [0.29, 0.717) is 13.0 Å². The van der Waals surface area contributed by atoms with Gasteiger partial charge in [-0.15, -0.1) is 0 Å². The van der Waals surface area contributed by atoms with Crippen LogP contribution in [0.25, 0.3) is 0 Å². The van der Waals surface area contributed by atoms with Crippen LogP contribution in [0.3, 0.4) is 0 Å². The average Bonchev–Trinajstić information content (AvgIpc) is 3.25. The van der Waals surface area contributed by atoms with Gasteiger partial charge in [0.1, 0.15) is 18.5 Å². The van der Waals surface area contributed by atoms with Crippen LogP contribution in [0.15, 0.2) is 42.7 Å². The number of ether oxygens (including phenoxy) is 1. The van der Waals surface area contributed by atoms with E-state index in [1.807, 2.05) is 34.9 Å². The zero-order valence-electron chi connectivity index (χ0n) is 18.7. The van der Waals surface area contributed by atoms with Crippen molar-refractivity contribution in [2.24, 2.45) is 5.92 Å². The van der Waals surface area contributed by atoms with Crippen LogP contribution >= 0.6 is 0 Å². The molecular weight excluding hydrogens is 426 g/mol. The predicted octanol–water partition coefficient (Wildman–Crippen LogP) is 0.950. The molecule has 3 N–H and O–H groups in total. The molecule has 0 saturated carbocycles. The highest BCUT2D eigenvalue weighted by Crippen LogP contribution is 2.10. The Balaban J connectivity index is 1.64. The first-order chi connectivity index (χ1) is 15.8. The van der Waals surface area contributed by atoms with Crippen molar-refractivity contribution in [1.82, 2.24) is 25.5 Å².